The second-order valence-electron chi connectivity index (χ2n) is 4.99. The molecule has 5 nitrogen and oxygen atoms in total. The van der Waals surface area contributed by atoms with Gasteiger partial charge in [-0.25, -0.2) is 4.98 Å². The standard InChI is InChI=1S/C15H13F3N4O/c1-3-11-12-13(19-8(2)20-14(12)23-22-11)21-10-6-4-5-9(7-10)15(16,17)18/h4-7H,3H2,1-2H3,(H,19,20,21). The largest absolute Gasteiger partial charge is 0.416 e. The molecule has 0 unspecified atom stereocenters. The van der Waals surface area contributed by atoms with Crippen LogP contribution in [-0.2, 0) is 12.6 Å². The molecule has 2 heterocycles. The fourth-order valence-electron chi connectivity index (χ4n) is 2.26. The highest BCUT2D eigenvalue weighted by atomic mass is 19.4. The Bertz CT molecular complexity index is 858. The molecule has 0 amide bonds. The summed E-state index contributed by atoms with van der Waals surface area (Å²) in [5.74, 6) is 0.815. The van der Waals surface area contributed by atoms with E-state index in [1.165, 1.54) is 12.1 Å². The first-order valence-electron chi connectivity index (χ1n) is 6.95. The number of nitrogens with one attached hydrogen (secondary N) is 1. The average Bonchev–Trinajstić information content (AvgIpc) is 2.89. The van der Waals surface area contributed by atoms with Gasteiger partial charge in [0.15, 0.2) is 0 Å². The van der Waals surface area contributed by atoms with E-state index < -0.39 is 11.7 Å². The second kappa shape index (κ2) is 5.53. The number of benzene rings is 1. The topological polar surface area (TPSA) is 63.8 Å². The molecule has 0 atom stereocenters. The predicted octanol–water partition coefficient (Wildman–Crippen LogP) is 4.25. The van der Waals surface area contributed by atoms with Gasteiger partial charge in [0.1, 0.15) is 17.0 Å². The Morgan fingerprint density at radius 2 is 2.00 bits per heavy atom. The van der Waals surface area contributed by atoms with E-state index in [4.69, 9.17) is 4.52 Å². The second-order valence-corrected chi connectivity index (χ2v) is 4.99. The lowest BCUT2D eigenvalue weighted by Gasteiger charge is -2.11. The lowest BCUT2D eigenvalue weighted by Crippen LogP contribution is -2.06. The molecule has 0 aliphatic rings. The monoisotopic (exact) mass is 322 g/mol. The van der Waals surface area contributed by atoms with Crippen LogP contribution in [0.4, 0.5) is 24.7 Å². The van der Waals surface area contributed by atoms with E-state index in [-0.39, 0.29) is 5.69 Å². The molecule has 0 bridgehead atoms. The molecule has 0 radical (unpaired) electrons. The van der Waals surface area contributed by atoms with Gasteiger partial charge >= 0.3 is 6.18 Å². The van der Waals surface area contributed by atoms with E-state index in [9.17, 15) is 13.2 Å². The summed E-state index contributed by atoms with van der Waals surface area (Å²) in [7, 11) is 0. The van der Waals surface area contributed by atoms with Crippen LogP contribution in [0.15, 0.2) is 28.8 Å². The van der Waals surface area contributed by atoms with Crippen LogP contribution in [0, 0.1) is 6.92 Å². The van der Waals surface area contributed by atoms with Gasteiger partial charge in [-0.1, -0.05) is 18.1 Å². The highest BCUT2D eigenvalue weighted by Gasteiger charge is 2.30. The predicted molar refractivity (Wildman–Crippen MR) is 78.4 cm³/mol. The number of rotatable bonds is 3. The van der Waals surface area contributed by atoms with Crippen molar-refractivity contribution in [1.29, 1.82) is 0 Å². The molecule has 0 aliphatic carbocycles. The minimum atomic E-state index is -4.40. The molecule has 2 aromatic heterocycles. The molecule has 0 saturated heterocycles. The number of aryl methyl sites for hydroxylation is 2. The van der Waals surface area contributed by atoms with Crippen LogP contribution >= 0.6 is 0 Å². The minimum absolute atomic E-state index is 0.280. The van der Waals surface area contributed by atoms with Gasteiger partial charge in [0.25, 0.3) is 5.71 Å². The molecule has 120 valence electrons. The van der Waals surface area contributed by atoms with Crippen molar-refractivity contribution in [3.63, 3.8) is 0 Å². The fourth-order valence-corrected chi connectivity index (χ4v) is 2.26. The van der Waals surface area contributed by atoms with Gasteiger partial charge < -0.3 is 9.84 Å². The van der Waals surface area contributed by atoms with Gasteiger partial charge in [0, 0.05) is 5.69 Å². The number of fused-ring (bicyclic) bond motifs is 1. The zero-order valence-corrected chi connectivity index (χ0v) is 12.4. The Hall–Kier alpha value is -2.64. The van der Waals surface area contributed by atoms with Crippen molar-refractivity contribution in [2.24, 2.45) is 0 Å². The molecule has 8 heteroatoms. The molecule has 0 spiro atoms. The van der Waals surface area contributed by atoms with Crippen molar-refractivity contribution in [3.05, 3.63) is 41.3 Å². The maximum Gasteiger partial charge on any atom is 0.416 e. The van der Waals surface area contributed by atoms with E-state index >= 15 is 0 Å². The summed E-state index contributed by atoms with van der Waals surface area (Å²) >= 11 is 0. The van der Waals surface area contributed by atoms with Gasteiger partial charge in [-0.15, -0.1) is 0 Å². The zero-order chi connectivity index (χ0) is 16.6. The Kier molecular flexibility index (Phi) is 3.67. The minimum Gasteiger partial charge on any atom is -0.339 e. The van der Waals surface area contributed by atoms with Crippen molar-refractivity contribution in [3.8, 4) is 0 Å². The van der Waals surface area contributed by atoms with Crippen molar-refractivity contribution in [2.45, 2.75) is 26.4 Å². The number of aromatic nitrogens is 3. The first-order valence-corrected chi connectivity index (χ1v) is 6.95. The maximum absolute atomic E-state index is 12.8. The molecule has 0 saturated carbocycles. The molecule has 23 heavy (non-hydrogen) atoms. The molecule has 0 fully saturated rings. The van der Waals surface area contributed by atoms with Crippen LogP contribution in [0.2, 0.25) is 0 Å². The van der Waals surface area contributed by atoms with E-state index in [0.29, 0.717) is 34.9 Å². The average molecular weight is 322 g/mol. The van der Waals surface area contributed by atoms with Crippen LogP contribution in [0.3, 0.4) is 0 Å². The Balaban J connectivity index is 2.06. The van der Waals surface area contributed by atoms with Crippen molar-refractivity contribution < 1.29 is 17.7 Å². The summed E-state index contributed by atoms with van der Waals surface area (Å²) in [6, 6.07) is 4.92. The van der Waals surface area contributed by atoms with Crippen LogP contribution < -0.4 is 5.32 Å². The van der Waals surface area contributed by atoms with Gasteiger partial charge in [0.05, 0.1) is 11.3 Å². The highest BCUT2D eigenvalue weighted by Crippen LogP contribution is 2.32. The highest BCUT2D eigenvalue weighted by molar-refractivity contribution is 5.89. The van der Waals surface area contributed by atoms with Crippen LogP contribution in [0.25, 0.3) is 11.1 Å². The third kappa shape index (κ3) is 2.96. The lowest BCUT2D eigenvalue weighted by molar-refractivity contribution is -0.137. The molecule has 1 aromatic carbocycles. The van der Waals surface area contributed by atoms with Crippen molar-refractivity contribution >= 4 is 22.6 Å². The van der Waals surface area contributed by atoms with E-state index in [2.05, 4.69) is 20.4 Å². The number of nitrogens with zero attached hydrogens (tertiary/aromatic N) is 3. The Labute approximate surface area is 129 Å². The first kappa shape index (κ1) is 15.3. The Morgan fingerprint density at radius 3 is 2.70 bits per heavy atom. The zero-order valence-electron chi connectivity index (χ0n) is 12.4. The number of anilines is 2. The molecular formula is C15H13F3N4O. The molecular weight excluding hydrogens is 309 g/mol. The quantitative estimate of drug-likeness (QED) is 0.781. The van der Waals surface area contributed by atoms with Gasteiger partial charge in [-0.05, 0) is 31.5 Å². The lowest BCUT2D eigenvalue weighted by atomic mass is 10.2. The molecule has 3 rings (SSSR count). The van der Waals surface area contributed by atoms with Crippen LogP contribution in [0.1, 0.15) is 24.0 Å². The smallest absolute Gasteiger partial charge is 0.339 e. The molecule has 3 aromatic rings. The van der Waals surface area contributed by atoms with E-state index in [1.54, 1.807) is 6.92 Å². The molecule has 1 N–H and O–H groups in total. The molecule has 0 aliphatic heterocycles. The van der Waals surface area contributed by atoms with Crippen molar-refractivity contribution in [2.75, 3.05) is 5.32 Å². The van der Waals surface area contributed by atoms with Crippen molar-refractivity contribution in [1.82, 2.24) is 15.1 Å². The normalized spacial score (nSPS) is 11.9. The van der Waals surface area contributed by atoms with Gasteiger partial charge in [0.2, 0.25) is 0 Å². The summed E-state index contributed by atoms with van der Waals surface area (Å²) in [4.78, 5) is 8.41. The van der Waals surface area contributed by atoms with Crippen LogP contribution in [-0.4, -0.2) is 15.1 Å². The summed E-state index contributed by atoms with van der Waals surface area (Å²) < 4.78 is 43.6. The summed E-state index contributed by atoms with van der Waals surface area (Å²) in [5.41, 5.74) is 0.506. The first-order chi connectivity index (χ1) is 10.9. The van der Waals surface area contributed by atoms with E-state index in [1.807, 2.05) is 6.92 Å². The number of alkyl halides is 3. The number of hydrogen-bond donors (Lipinski definition) is 1. The van der Waals surface area contributed by atoms with Gasteiger partial charge in [-0.2, -0.15) is 18.2 Å². The van der Waals surface area contributed by atoms with Crippen LogP contribution in [0.5, 0.6) is 0 Å². The SMILES string of the molecule is CCc1noc2nc(C)nc(Nc3cccc(C(F)(F)F)c3)c12. The summed E-state index contributed by atoms with van der Waals surface area (Å²) in [6.45, 7) is 3.57. The maximum atomic E-state index is 12.8. The van der Waals surface area contributed by atoms with Gasteiger partial charge in [-0.3, -0.25) is 0 Å². The summed E-state index contributed by atoms with van der Waals surface area (Å²) in [6.07, 6.45) is -3.81. The summed E-state index contributed by atoms with van der Waals surface area (Å²) in [5, 5.41) is 7.41. The number of halogens is 3. The van der Waals surface area contributed by atoms with E-state index in [0.717, 1.165) is 12.1 Å². The fraction of sp³-hybridized carbons (Fsp3) is 0.267. The third-order valence-electron chi connectivity index (χ3n) is 3.31. The Morgan fingerprint density at radius 1 is 1.22 bits per heavy atom. The third-order valence-corrected chi connectivity index (χ3v) is 3.31. The number of hydrogen-bond acceptors (Lipinski definition) is 5.